The van der Waals surface area contributed by atoms with Crippen LogP contribution in [0.4, 0.5) is 5.69 Å². The van der Waals surface area contributed by atoms with Crippen molar-refractivity contribution in [2.45, 2.75) is 31.1 Å². The van der Waals surface area contributed by atoms with E-state index in [1.54, 1.807) is 46.6 Å². The maximum absolute atomic E-state index is 12.9. The summed E-state index contributed by atoms with van der Waals surface area (Å²) in [6, 6.07) is 10.8. The second-order valence-electron chi connectivity index (χ2n) is 7.92. The van der Waals surface area contributed by atoms with E-state index in [1.165, 1.54) is 11.8 Å². The van der Waals surface area contributed by atoms with E-state index < -0.39 is 5.25 Å². The Balaban J connectivity index is 1.31. The standard InChI is InChI=1S/C24H26N4O3S2/c1-2-11-28(16-19-6-5-14-32-19)23(31)17-7-9-18(10-8-17)25-21(29)15-20-22(30)26-24(33-20)27-12-3-4-13-27/h2,5-10,14,20H,1,3-4,11-13,15-16H2,(H,25,29). The van der Waals surface area contributed by atoms with Crippen LogP contribution in [-0.2, 0) is 16.1 Å². The average molecular weight is 483 g/mol. The Labute approximate surface area is 201 Å². The molecular formula is C24H26N4O3S2. The molecule has 2 aromatic rings. The van der Waals surface area contributed by atoms with Gasteiger partial charge in [-0.15, -0.1) is 17.9 Å². The number of rotatable bonds is 8. The number of thioether (sulfide) groups is 1. The van der Waals surface area contributed by atoms with Gasteiger partial charge < -0.3 is 15.1 Å². The van der Waals surface area contributed by atoms with Gasteiger partial charge in [-0.05, 0) is 48.6 Å². The first-order valence-electron chi connectivity index (χ1n) is 10.9. The monoisotopic (exact) mass is 482 g/mol. The van der Waals surface area contributed by atoms with Gasteiger partial charge in [-0.3, -0.25) is 14.4 Å². The van der Waals surface area contributed by atoms with Crippen molar-refractivity contribution in [3.05, 3.63) is 64.9 Å². The van der Waals surface area contributed by atoms with E-state index in [4.69, 9.17) is 0 Å². The minimum atomic E-state index is -0.480. The summed E-state index contributed by atoms with van der Waals surface area (Å²) in [7, 11) is 0. The molecule has 33 heavy (non-hydrogen) atoms. The van der Waals surface area contributed by atoms with Crippen molar-refractivity contribution in [2.75, 3.05) is 25.0 Å². The molecule has 1 fully saturated rings. The molecule has 4 rings (SSSR count). The van der Waals surface area contributed by atoms with Gasteiger partial charge in [0, 0.05) is 42.2 Å². The maximum atomic E-state index is 12.9. The second kappa shape index (κ2) is 10.8. The highest BCUT2D eigenvalue weighted by Crippen LogP contribution is 2.29. The van der Waals surface area contributed by atoms with Crippen molar-refractivity contribution in [3.63, 3.8) is 0 Å². The van der Waals surface area contributed by atoms with Crippen LogP contribution < -0.4 is 5.32 Å². The number of hydrogen-bond donors (Lipinski definition) is 1. The van der Waals surface area contributed by atoms with Gasteiger partial charge in [0.2, 0.25) is 5.91 Å². The molecule has 1 atom stereocenters. The summed E-state index contributed by atoms with van der Waals surface area (Å²) < 4.78 is 0. The SMILES string of the molecule is C=CCN(Cc1cccs1)C(=O)c1ccc(NC(=O)CC2SC(N3CCCC3)=NC2=O)cc1. The maximum Gasteiger partial charge on any atom is 0.262 e. The second-order valence-corrected chi connectivity index (χ2v) is 10.1. The van der Waals surface area contributed by atoms with E-state index >= 15 is 0 Å². The molecule has 1 saturated heterocycles. The van der Waals surface area contributed by atoms with E-state index in [-0.39, 0.29) is 24.1 Å². The minimum Gasteiger partial charge on any atom is -0.351 e. The average Bonchev–Trinajstić information content (AvgIpc) is 3.57. The summed E-state index contributed by atoms with van der Waals surface area (Å²) in [6.07, 6.45) is 3.99. The van der Waals surface area contributed by atoms with Crippen molar-refractivity contribution in [3.8, 4) is 0 Å². The molecule has 0 aliphatic carbocycles. The molecule has 3 amide bonds. The number of aliphatic imine (C=N–C) groups is 1. The lowest BCUT2D eigenvalue weighted by atomic mass is 10.1. The Hall–Kier alpha value is -2.91. The molecule has 2 aliphatic heterocycles. The van der Waals surface area contributed by atoms with E-state index in [2.05, 4.69) is 21.8 Å². The van der Waals surface area contributed by atoms with Crippen molar-refractivity contribution in [1.29, 1.82) is 0 Å². The molecular weight excluding hydrogens is 456 g/mol. The molecule has 7 nitrogen and oxygen atoms in total. The van der Waals surface area contributed by atoms with Crippen LogP contribution in [0.2, 0.25) is 0 Å². The van der Waals surface area contributed by atoms with Crippen LogP contribution in [0.15, 0.2) is 59.4 Å². The molecule has 1 N–H and O–H groups in total. The van der Waals surface area contributed by atoms with Gasteiger partial charge in [-0.25, -0.2) is 0 Å². The van der Waals surface area contributed by atoms with E-state index in [0.717, 1.165) is 36.0 Å². The fraction of sp³-hybridized carbons (Fsp3) is 0.333. The lowest BCUT2D eigenvalue weighted by Gasteiger charge is -2.20. The smallest absolute Gasteiger partial charge is 0.262 e. The molecule has 2 aliphatic rings. The largest absolute Gasteiger partial charge is 0.351 e. The zero-order valence-electron chi connectivity index (χ0n) is 18.2. The quantitative estimate of drug-likeness (QED) is 0.575. The summed E-state index contributed by atoms with van der Waals surface area (Å²) in [4.78, 5) is 46.7. The molecule has 1 aromatic heterocycles. The van der Waals surface area contributed by atoms with Crippen LogP contribution in [0.3, 0.4) is 0 Å². The predicted molar refractivity (Wildman–Crippen MR) is 134 cm³/mol. The Kier molecular flexibility index (Phi) is 7.61. The molecule has 1 unspecified atom stereocenters. The van der Waals surface area contributed by atoms with Crippen molar-refractivity contribution >= 4 is 51.7 Å². The topological polar surface area (TPSA) is 82.1 Å². The third kappa shape index (κ3) is 5.91. The number of hydrogen-bond acceptors (Lipinski definition) is 6. The molecule has 3 heterocycles. The highest BCUT2D eigenvalue weighted by atomic mass is 32.2. The van der Waals surface area contributed by atoms with Crippen LogP contribution in [-0.4, -0.2) is 57.6 Å². The number of amidine groups is 1. The van der Waals surface area contributed by atoms with Gasteiger partial charge >= 0.3 is 0 Å². The van der Waals surface area contributed by atoms with Crippen LogP contribution in [0.5, 0.6) is 0 Å². The number of anilines is 1. The van der Waals surface area contributed by atoms with E-state index in [0.29, 0.717) is 24.3 Å². The van der Waals surface area contributed by atoms with Crippen LogP contribution >= 0.6 is 23.1 Å². The number of amides is 3. The number of carbonyl (C=O) groups is 3. The molecule has 1 aromatic carbocycles. The number of likely N-dealkylation sites (tertiary alicyclic amines) is 1. The highest BCUT2D eigenvalue weighted by Gasteiger charge is 2.33. The molecule has 172 valence electrons. The molecule has 0 radical (unpaired) electrons. The zero-order chi connectivity index (χ0) is 23.2. The Bertz CT molecular complexity index is 1040. The van der Waals surface area contributed by atoms with Crippen molar-refractivity contribution in [2.24, 2.45) is 4.99 Å². The third-order valence-electron chi connectivity index (χ3n) is 5.46. The number of carbonyl (C=O) groups excluding carboxylic acids is 3. The zero-order valence-corrected chi connectivity index (χ0v) is 19.9. The van der Waals surface area contributed by atoms with Gasteiger partial charge in [0.15, 0.2) is 5.17 Å². The number of benzene rings is 1. The fourth-order valence-electron chi connectivity index (χ4n) is 3.78. The molecule has 0 saturated carbocycles. The van der Waals surface area contributed by atoms with Crippen LogP contribution in [0.25, 0.3) is 0 Å². The Morgan fingerprint density at radius 1 is 1.21 bits per heavy atom. The molecule has 0 spiro atoms. The van der Waals surface area contributed by atoms with Crippen molar-refractivity contribution in [1.82, 2.24) is 9.80 Å². The lowest BCUT2D eigenvalue weighted by molar-refractivity contribution is -0.121. The lowest BCUT2D eigenvalue weighted by Crippen LogP contribution is -2.30. The summed E-state index contributed by atoms with van der Waals surface area (Å²) in [5, 5.41) is 5.07. The van der Waals surface area contributed by atoms with Gasteiger partial charge in [0.05, 0.1) is 6.54 Å². The normalized spacial score (nSPS) is 17.7. The van der Waals surface area contributed by atoms with Crippen LogP contribution in [0, 0.1) is 0 Å². The highest BCUT2D eigenvalue weighted by molar-refractivity contribution is 8.15. The minimum absolute atomic E-state index is 0.0684. The summed E-state index contributed by atoms with van der Waals surface area (Å²) in [5.74, 6) is -0.587. The third-order valence-corrected chi connectivity index (χ3v) is 7.53. The Morgan fingerprint density at radius 2 is 1.97 bits per heavy atom. The predicted octanol–water partition coefficient (Wildman–Crippen LogP) is 4.00. The van der Waals surface area contributed by atoms with E-state index in [9.17, 15) is 14.4 Å². The number of nitrogens with zero attached hydrogens (tertiary/aromatic N) is 3. The summed E-state index contributed by atoms with van der Waals surface area (Å²) in [5.41, 5.74) is 1.12. The van der Waals surface area contributed by atoms with Gasteiger partial charge in [0.1, 0.15) is 5.25 Å². The summed E-state index contributed by atoms with van der Waals surface area (Å²) >= 11 is 2.99. The first kappa shape index (κ1) is 23.3. The van der Waals surface area contributed by atoms with Crippen molar-refractivity contribution < 1.29 is 14.4 Å². The first-order valence-corrected chi connectivity index (χ1v) is 12.7. The van der Waals surface area contributed by atoms with Gasteiger partial charge in [-0.2, -0.15) is 4.99 Å². The number of thiophene rings is 1. The summed E-state index contributed by atoms with van der Waals surface area (Å²) in [6.45, 7) is 6.56. The molecule has 9 heteroatoms. The Morgan fingerprint density at radius 3 is 2.64 bits per heavy atom. The van der Waals surface area contributed by atoms with Gasteiger partial charge in [0.25, 0.3) is 11.8 Å². The van der Waals surface area contributed by atoms with Gasteiger partial charge in [-0.1, -0.05) is 23.9 Å². The van der Waals surface area contributed by atoms with E-state index in [1.807, 2.05) is 17.5 Å². The van der Waals surface area contributed by atoms with Crippen LogP contribution in [0.1, 0.15) is 34.5 Å². The molecule has 0 bridgehead atoms. The number of nitrogens with one attached hydrogen (secondary N) is 1. The first-order chi connectivity index (χ1) is 16.0. The fourth-order valence-corrected chi connectivity index (χ4v) is 5.61.